The lowest BCUT2D eigenvalue weighted by Crippen LogP contribution is -2.45. The molecule has 7 heteroatoms. The molecular formula is C19H33IN4OS. The molecule has 26 heavy (non-hydrogen) atoms. The predicted molar refractivity (Wildman–Crippen MR) is 121 cm³/mol. The molecule has 148 valence electrons. The van der Waals surface area contributed by atoms with Gasteiger partial charge in [-0.15, -0.1) is 35.3 Å². The van der Waals surface area contributed by atoms with Crippen molar-refractivity contribution >= 4 is 41.3 Å². The van der Waals surface area contributed by atoms with Crippen LogP contribution in [0.4, 0.5) is 0 Å². The van der Waals surface area contributed by atoms with Gasteiger partial charge in [0.15, 0.2) is 5.96 Å². The Hall–Kier alpha value is -0.380. The minimum atomic E-state index is 0. The van der Waals surface area contributed by atoms with Gasteiger partial charge in [0.05, 0.1) is 25.3 Å². The first kappa shape index (κ1) is 21.9. The van der Waals surface area contributed by atoms with Gasteiger partial charge in [-0.2, -0.15) is 0 Å². The average Bonchev–Trinajstić information content (AvgIpc) is 3.29. The van der Waals surface area contributed by atoms with E-state index in [0.29, 0.717) is 18.2 Å². The summed E-state index contributed by atoms with van der Waals surface area (Å²) < 4.78 is 5.73. The maximum Gasteiger partial charge on any atom is 0.191 e. The SMILES string of the molecule is CCNC(=NCC(c1cccs1)N1CCOC(C)C1)NC1CCCC1.I. The number of aliphatic imine (C=N–C) groups is 1. The first-order chi connectivity index (χ1) is 12.3. The molecule has 0 aromatic carbocycles. The Labute approximate surface area is 179 Å². The fourth-order valence-corrected chi connectivity index (χ4v) is 4.61. The highest BCUT2D eigenvalue weighted by atomic mass is 127. The second kappa shape index (κ2) is 11.5. The van der Waals surface area contributed by atoms with Crippen LogP contribution in [-0.2, 0) is 4.74 Å². The summed E-state index contributed by atoms with van der Waals surface area (Å²) in [5, 5.41) is 9.21. The molecule has 2 unspecified atom stereocenters. The van der Waals surface area contributed by atoms with Crippen molar-refractivity contribution in [1.29, 1.82) is 0 Å². The van der Waals surface area contributed by atoms with Crippen LogP contribution in [0, 0.1) is 0 Å². The molecule has 1 saturated heterocycles. The molecule has 2 N–H and O–H groups in total. The highest BCUT2D eigenvalue weighted by Crippen LogP contribution is 2.27. The number of halogens is 1. The Balaban J connectivity index is 0.00000243. The number of morpholine rings is 1. The number of nitrogens with zero attached hydrogens (tertiary/aromatic N) is 2. The minimum absolute atomic E-state index is 0. The average molecular weight is 492 g/mol. The predicted octanol–water partition coefficient (Wildman–Crippen LogP) is 3.63. The van der Waals surface area contributed by atoms with Gasteiger partial charge in [-0.05, 0) is 38.1 Å². The van der Waals surface area contributed by atoms with Gasteiger partial charge in [0.2, 0.25) is 0 Å². The Morgan fingerprint density at radius 3 is 2.88 bits per heavy atom. The van der Waals surface area contributed by atoms with E-state index in [9.17, 15) is 0 Å². The van der Waals surface area contributed by atoms with E-state index in [1.54, 1.807) is 0 Å². The molecule has 0 amide bonds. The van der Waals surface area contributed by atoms with Crippen molar-refractivity contribution in [2.45, 2.75) is 57.7 Å². The van der Waals surface area contributed by atoms with Crippen molar-refractivity contribution < 1.29 is 4.74 Å². The fraction of sp³-hybridized carbons (Fsp3) is 0.737. The molecule has 1 aromatic heterocycles. The summed E-state index contributed by atoms with van der Waals surface area (Å²) in [4.78, 5) is 8.88. The largest absolute Gasteiger partial charge is 0.376 e. The van der Waals surface area contributed by atoms with Crippen LogP contribution in [0.15, 0.2) is 22.5 Å². The number of ether oxygens (including phenoxy) is 1. The van der Waals surface area contributed by atoms with Crippen LogP contribution in [0.1, 0.15) is 50.4 Å². The molecule has 1 aliphatic heterocycles. The van der Waals surface area contributed by atoms with E-state index in [-0.39, 0.29) is 24.0 Å². The summed E-state index contributed by atoms with van der Waals surface area (Å²) in [7, 11) is 0. The van der Waals surface area contributed by atoms with Gasteiger partial charge in [-0.1, -0.05) is 18.9 Å². The smallest absolute Gasteiger partial charge is 0.191 e. The molecule has 1 aliphatic carbocycles. The first-order valence-corrected chi connectivity index (χ1v) is 10.6. The highest BCUT2D eigenvalue weighted by Gasteiger charge is 2.26. The fourth-order valence-electron chi connectivity index (χ4n) is 3.76. The van der Waals surface area contributed by atoms with Gasteiger partial charge in [-0.25, -0.2) is 0 Å². The van der Waals surface area contributed by atoms with E-state index < -0.39 is 0 Å². The van der Waals surface area contributed by atoms with E-state index in [4.69, 9.17) is 9.73 Å². The maximum atomic E-state index is 5.73. The number of thiophene rings is 1. The normalized spacial score (nSPS) is 23.5. The second-order valence-corrected chi connectivity index (χ2v) is 8.03. The number of hydrogen-bond acceptors (Lipinski definition) is 4. The van der Waals surface area contributed by atoms with Crippen molar-refractivity contribution in [3.63, 3.8) is 0 Å². The van der Waals surface area contributed by atoms with E-state index in [0.717, 1.165) is 38.7 Å². The van der Waals surface area contributed by atoms with Crippen LogP contribution in [0.5, 0.6) is 0 Å². The lowest BCUT2D eigenvalue weighted by Gasteiger charge is -2.36. The van der Waals surface area contributed by atoms with E-state index in [2.05, 4.69) is 46.9 Å². The summed E-state index contributed by atoms with van der Waals surface area (Å²) in [6.45, 7) is 8.75. The topological polar surface area (TPSA) is 48.9 Å². The van der Waals surface area contributed by atoms with E-state index >= 15 is 0 Å². The monoisotopic (exact) mass is 492 g/mol. The van der Waals surface area contributed by atoms with Gasteiger partial charge >= 0.3 is 0 Å². The minimum Gasteiger partial charge on any atom is -0.376 e. The summed E-state index contributed by atoms with van der Waals surface area (Å²) in [6.07, 6.45) is 5.49. The van der Waals surface area contributed by atoms with Gasteiger partial charge in [-0.3, -0.25) is 9.89 Å². The van der Waals surface area contributed by atoms with Crippen molar-refractivity contribution in [2.75, 3.05) is 32.8 Å². The summed E-state index contributed by atoms with van der Waals surface area (Å²) >= 11 is 1.83. The molecule has 1 aromatic rings. The maximum absolute atomic E-state index is 5.73. The lowest BCUT2D eigenvalue weighted by atomic mass is 10.1. The second-order valence-electron chi connectivity index (χ2n) is 7.05. The van der Waals surface area contributed by atoms with Gasteiger partial charge < -0.3 is 15.4 Å². The third-order valence-electron chi connectivity index (χ3n) is 5.05. The standard InChI is InChI=1S/C19H32N4OS.HI/c1-3-20-19(22-16-7-4-5-8-16)21-13-17(18-9-6-12-25-18)23-10-11-24-15(2)14-23;/h6,9,12,15-17H,3-5,7-8,10-11,13-14H2,1-2H3,(H2,20,21,22);1H. The molecule has 2 atom stereocenters. The van der Waals surface area contributed by atoms with E-state index in [1.807, 2.05) is 11.3 Å². The van der Waals surface area contributed by atoms with Gasteiger partial charge in [0.25, 0.3) is 0 Å². The number of guanidine groups is 1. The van der Waals surface area contributed by atoms with E-state index in [1.165, 1.54) is 30.6 Å². The van der Waals surface area contributed by atoms with Crippen molar-refractivity contribution in [3.05, 3.63) is 22.4 Å². The quantitative estimate of drug-likeness (QED) is 0.362. The molecule has 0 radical (unpaired) electrons. The highest BCUT2D eigenvalue weighted by molar-refractivity contribution is 14.0. The van der Waals surface area contributed by atoms with Crippen molar-refractivity contribution in [3.8, 4) is 0 Å². The summed E-state index contributed by atoms with van der Waals surface area (Å²) in [6, 6.07) is 5.30. The van der Waals surface area contributed by atoms with Crippen LogP contribution in [0.3, 0.4) is 0 Å². The van der Waals surface area contributed by atoms with Gasteiger partial charge in [0, 0.05) is 30.6 Å². The zero-order chi connectivity index (χ0) is 17.5. The molecule has 3 rings (SSSR count). The molecular weight excluding hydrogens is 459 g/mol. The summed E-state index contributed by atoms with van der Waals surface area (Å²) in [5.41, 5.74) is 0. The van der Waals surface area contributed by atoms with Crippen molar-refractivity contribution in [1.82, 2.24) is 15.5 Å². The van der Waals surface area contributed by atoms with Crippen molar-refractivity contribution in [2.24, 2.45) is 4.99 Å². The Morgan fingerprint density at radius 2 is 2.23 bits per heavy atom. The van der Waals surface area contributed by atoms with Gasteiger partial charge in [0.1, 0.15) is 0 Å². The molecule has 5 nitrogen and oxygen atoms in total. The van der Waals surface area contributed by atoms with Crippen LogP contribution in [-0.4, -0.2) is 55.8 Å². The van der Waals surface area contributed by atoms with Crippen LogP contribution < -0.4 is 10.6 Å². The number of hydrogen-bond donors (Lipinski definition) is 2. The molecule has 2 heterocycles. The zero-order valence-corrected chi connectivity index (χ0v) is 19.1. The van der Waals surface area contributed by atoms with Crippen LogP contribution in [0.25, 0.3) is 0 Å². The summed E-state index contributed by atoms with van der Waals surface area (Å²) in [5.74, 6) is 0.970. The van der Waals surface area contributed by atoms with Crippen LogP contribution in [0.2, 0.25) is 0 Å². The molecule has 0 bridgehead atoms. The number of rotatable bonds is 6. The molecule has 1 saturated carbocycles. The molecule has 0 spiro atoms. The third kappa shape index (κ3) is 6.35. The first-order valence-electron chi connectivity index (χ1n) is 9.70. The van der Waals surface area contributed by atoms with Crippen LogP contribution >= 0.6 is 35.3 Å². The number of nitrogens with one attached hydrogen (secondary N) is 2. The molecule has 2 aliphatic rings. The Bertz CT molecular complexity index is 534. The zero-order valence-electron chi connectivity index (χ0n) is 15.9. The third-order valence-corrected chi connectivity index (χ3v) is 6.02. The Morgan fingerprint density at radius 1 is 1.42 bits per heavy atom. The lowest BCUT2D eigenvalue weighted by molar-refractivity contribution is -0.0327. The Kier molecular flexibility index (Phi) is 9.66. The molecule has 2 fully saturated rings.